The molecule has 1 N–H and O–H groups in total. The Morgan fingerprint density at radius 2 is 1.96 bits per heavy atom. The van der Waals surface area contributed by atoms with Crippen molar-refractivity contribution in [3.05, 3.63) is 61.6 Å². The van der Waals surface area contributed by atoms with Crippen LogP contribution in [0.25, 0.3) is 0 Å². The minimum absolute atomic E-state index is 0.0997. The van der Waals surface area contributed by atoms with Crippen molar-refractivity contribution >= 4 is 50.5 Å². The lowest BCUT2D eigenvalue weighted by Crippen LogP contribution is -2.15. The second-order valence-corrected chi connectivity index (χ2v) is 6.17. The summed E-state index contributed by atoms with van der Waals surface area (Å²) in [6.45, 7) is 0. The lowest BCUT2D eigenvalue weighted by Gasteiger charge is -2.16. The minimum Gasteiger partial charge on any atom is -0.372 e. The molecule has 2 rings (SSSR count). The van der Waals surface area contributed by atoms with Gasteiger partial charge < -0.3 is 10.2 Å². The Bertz CT molecular complexity index is 781. The van der Waals surface area contributed by atoms with E-state index in [9.17, 15) is 14.9 Å². The predicted octanol–water partition coefficient (Wildman–Crippen LogP) is 4.33. The molecule has 0 atom stereocenters. The van der Waals surface area contributed by atoms with Gasteiger partial charge in [0.05, 0.1) is 21.2 Å². The molecule has 0 saturated heterocycles. The molecular formula is C15H13BrClN3O3. The van der Waals surface area contributed by atoms with Gasteiger partial charge in [-0.15, -0.1) is 0 Å². The van der Waals surface area contributed by atoms with Gasteiger partial charge in [0.1, 0.15) is 5.69 Å². The molecule has 120 valence electrons. The zero-order valence-corrected chi connectivity index (χ0v) is 14.7. The van der Waals surface area contributed by atoms with Crippen LogP contribution in [0.2, 0.25) is 5.02 Å². The standard InChI is InChI=1S/C15H13BrClN3O3/c1-19(2)13-8-12(11(17)7-14(13)20(22)23)18-15(21)9-5-3-4-6-10(9)16/h3-8H,1-2H3,(H,18,21). The molecule has 23 heavy (non-hydrogen) atoms. The number of nitrogens with zero attached hydrogens (tertiary/aromatic N) is 2. The van der Waals surface area contributed by atoms with Gasteiger partial charge >= 0.3 is 0 Å². The highest BCUT2D eigenvalue weighted by atomic mass is 79.9. The van der Waals surface area contributed by atoms with Gasteiger partial charge in [-0.2, -0.15) is 0 Å². The van der Waals surface area contributed by atoms with E-state index in [1.54, 1.807) is 43.3 Å². The lowest BCUT2D eigenvalue weighted by molar-refractivity contribution is -0.384. The number of rotatable bonds is 4. The van der Waals surface area contributed by atoms with E-state index in [2.05, 4.69) is 21.2 Å². The first-order valence-electron chi connectivity index (χ1n) is 6.52. The topological polar surface area (TPSA) is 75.5 Å². The van der Waals surface area contributed by atoms with Gasteiger partial charge in [0.2, 0.25) is 0 Å². The summed E-state index contributed by atoms with van der Waals surface area (Å²) in [5.41, 5.74) is 0.968. The van der Waals surface area contributed by atoms with Gasteiger partial charge in [0, 0.05) is 24.6 Å². The van der Waals surface area contributed by atoms with Crippen molar-refractivity contribution in [3.63, 3.8) is 0 Å². The van der Waals surface area contributed by atoms with Crippen molar-refractivity contribution in [3.8, 4) is 0 Å². The Kier molecular flexibility index (Phi) is 5.23. The van der Waals surface area contributed by atoms with Gasteiger partial charge in [-0.25, -0.2) is 0 Å². The molecule has 0 heterocycles. The summed E-state index contributed by atoms with van der Waals surface area (Å²) in [6.07, 6.45) is 0. The fourth-order valence-electron chi connectivity index (χ4n) is 1.99. The Balaban J connectivity index is 2.41. The molecule has 0 aliphatic heterocycles. The van der Waals surface area contributed by atoms with Gasteiger partial charge in [0.25, 0.3) is 11.6 Å². The van der Waals surface area contributed by atoms with Crippen molar-refractivity contribution in [2.24, 2.45) is 0 Å². The smallest absolute Gasteiger partial charge is 0.294 e. The predicted molar refractivity (Wildman–Crippen MR) is 94.5 cm³/mol. The number of hydrogen-bond acceptors (Lipinski definition) is 4. The van der Waals surface area contributed by atoms with Crippen molar-refractivity contribution in [2.45, 2.75) is 0 Å². The van der Waals surface area contributed by atoms with E-state index in [4.69, 9.17) is 11.6 Å². The zero-order valence-electron chi connectivity index (χ0n) is 12.3. The Morgan fingerprint density at radius 1 is 1.30 bits per heavy atom. The first-order chi connectivity index (χ1) is 10.8. The molecule has 0 aliphatic rings. The molecule has 2 aromatic carbocycles. The summed E-state index contributed by atoms with van der Waals surface area (Å²) in [6, 6.07) is 9.65. The molecule has 0 aliphatic carbocycles. The van der Waals surface area contributed by atoms with Gasteiger partial charge in [-0.05, 0) is 34.1 Å². The fourth-order valence-corrected chi connectivity index (χ4v) is 2.66. The van der Waals surface area contributed by atoms with Crippen LogP contribution in [0, 0.1) is 10.1 Å². The molecule has 0 fully saturated rings. The highest BCUT2D eigenvalue weighted by molar-refractivity contribution is 9.10. The summed E-state index contributed by atoms with van der Waals surface area (Å²) >= 11 is 9.38. The number of carbonyl (C=O) groups excluding carboxylic acids is 1. The lowest BCUT2D eigenvalue weighted by atomic mass is 10.2. The van der Waals surface area contributed by atoms with E-state index in [0.29, 0.717) is 21.4 Å². The number of nitrogens with one attached hydrogen (secondary N) is 1. The molecule has 0 bridgehead atoms. The van der Waals surface area contributed by atoms with Crippen LogP contribution in [0.1, 0.15) is 10.4 Å². The van der Waals surface area contributed by atoms with Crippen molar-refractivity contribution in [2.75, 3.05) is 24.3 Å². The maximum Gasteiger partial charge on any atom is 0.294 e. The molecule has 0 aromatic heterocycles. The normalized spacial score (nSPS) is 10.3. The molecule has 2 aromatic rings. The molecular weight excluding hydrogens is 386 g/mol. The summed E-state index contributed by atoms with van der Waals surface area (Å²) < 4.78 is 0.642. The van der Waals surface area contributed by atoms with Crippen LogP contribution >= 0.6 is 27.5 Å². The Hall–Kier alpha value is -2.12. The van der Waals surface area contributed by atoms with Crippen LogP contribution in [0.4, 0.5) is 17.1 Å². The molecule has 0 saturated carbocycles. The number of amides is 1. The summed E-state index contributed by atoms with van der Waals surface area (Å²) in [5.74, 6) is -0.363. The van der Waals surface area contributed by atoms with Crippen molar-refractivity contribution in [1.82, 2.24) is 0 Å². The molecule has 8 heteroatoms. The largest absolute Gasteiger partial charge is 0.372 e. The molecule has 6 nitrogen and oxygen atoms in total. The summed E-state index contributed by atoms with van der Waals surface area (Å²) in [5, 5.41) is 13.9. The van der Waals surface area contributed by atoms with Crippen LogP contribution in [-0.2, 0) is 0 Å². The molecule has 0 radical (unpaired) electrons. The monoisotopic (exact) mass is 397 g/mol. The second kappa shape index (κ2) is 6.97. The number of anilines is 2. The van der Waals surface area contributed by atoms with Crippen LogP contribution < -0.4 is 10.2 Å². The number of hydrogen-bond donors (Lipinski definition) is 1. The first kappa shape index (κ1) is 17.2. The molecule has 0 unspecified atom stereocenters. The molecule has 1 amide bonds. The van der Waals surface area contributed by atoms with Crippen LogP contribution in [0.15, 0.2) is 40.9 Å². The third-order valence-corrected chi connectivity index (χ3v) is 4.11. The average Bonchev–Trinajstić information content (AvgIpc) is 2.48. The van der Waals surface area contributed by atoms with Gasteiger partial charge in [0.15, 0.2) is 0 Å². The number of carbonyl (C=O) groups is 1. The van der Waals surface area contributed by atoms with Gasteiger partial charge in [-0.1, -0.05) is 23.7 Å². The third-order valence-electron chi connectivity index (χ3n) is 3.11. The Labute approximate surface area is 146 Å². The van der Waals surface area contributed by atoms with Crippen LogP contribution in [-0.4, -0.2) is 24.9 Å². The SMILES string of the molecule is CN(C)c1cc(NC(=O)c2ccccc2Br)c(Cl)cc1[N+](=O)[O-]. The maximum atomic E-state index is 12.3. The second-order valence-electron chi connectivity index (χ2n) is 4.91. The maximum absolute atomic E-state index is 12.3. The molecule has 0 spiro atoms. The van der Waals surface area contributed by atoms with E-state index >= 15 is 0 Å². The van der Waals surface area contributed by atoms with E-state index < -0.39 is 4.92 Å². The van der Waals surface area contributed by atoms with Crippen LogP contribution in [0.5, 0.6) is 0 Å². The third kappa shape index (κ3) is 3.80. The fraction of sp³-hybridized carbons (Fsp3) is 0.133. The Morgan fingerprint density at radius 3 is 2.52 bits per heavy atom. The van der Waals surface area contributed by atoms with Crippen molar-refractivity contribution in [1.29, 1.82) is 0 Å². The van der Waals surface area contributed by atoms with Gasteiger partial charge in [-0.3, -0.25) is 14.9 Å². The average molecular weight is 399 g/mol. The van der Waals surface area contributed by atoms with E-state index in [0.717, 1.165) is 0 Å². The highest BCUT2D eigenvalue weighted by Gasteiger charge is 2.20. The van der Waals surface area contributed by atoms with Crippen molar-refractivity contribution < 1.29 is 9.72 Å². The first-order valence-corrected chi connectivity index (χ1v) is 7.69. The number of halogens is 2. The number of benzene rings is 2. The summed E-state index contributed by atoms with van der Waals surface area (Å²) in [7, 11) is 3.35. The van der Waals surface area contributed by atoms with Crippen LogP contribution in [0.3, 0.4) is 0 Å². The number of nitro benzene ring substituents is 1. The van der Waals surface area contributed by atoms with E-state index in [1.165, 1.54) is 12.1 Å². The summed E-state index contributed by atoms with van der Waals surface area (Å²) in [4.78, 5) is 24.5. The number of nitro groups is 1. The van der Waals surface area contributed by atoms with E-state index in [-0.39, 0.29) is 16.6 Å². The zero-order chi connectivity index (χ0) is 17.1. The van der Waals surface area contributed by atoms with E-state index in [1.807, 2.05) is 0 Å². The quantitative estimate of drug-likeness (QED) is 0.614. The minimum atomic E-state index is -0.513. The highest BCUT2D eigenvalue weighted by Crippen LogP contribution is 2.36.